The number of amides is 2. The molecule has 0 spiro atoms. The molecule has 2 amide bonds. The molecule has 0 radical (unpaired) electrons. The maximum atomic E-state index is 11.6. The Balaban J connectivity index is 2.07. The van der Waals surface area contributed by atoms with E-state index in [9.17, 15) is 4.79 Å². The number of carbonyl (C=O) groups is 1. The van der Waals surface area contributed by atoms with Crippen molar-refractivity contribution in [1.29, 1.82) is 0 Å². The third-order valence-electron chi connectivity index (χ3n) is 2.87. The Bertz CT molecular complexity index is 323. The van der Waals surface area contributed by atoms with Gasteiger partial charge in [0, 0.05) is 6.04 Å². The second kappa shape index (κ2) is 8.61. The molecule has 0 saturated heterocycles. The van der Waals surface area contributed by atoms with Crippen LogP contribution in [0.5, 0.6) is 0 Å². The van der Waals surface area contributed by atoms with Gasteiger partial charge in [-0.25, -0.2) is 4.79 Å². The highest BCUT2D eigenvalue weighted by Crippen LogP contribution is 2.05. The van der Waals surface area contributed by atoms with E-state index in [-0.39, 0.29) is 12.1 Å². The summed E-state index contributed by atoms with van der Waals surface area (Å²) >= 11 is 0. The summed E-state index contributed by atoms with van der Waals surface area (Å²) in [5, 5.41) is 5.70. The van der Waals surface area contributed by atoms with Gasteiger partial charge in [0.25, 0.3) is 0 Å². The van der Waals surface area contributed by atoms with Crippen LogP contribution in [0.1, 0.15) is 51.7 Å². The van der Waals surface area contributed by atoms with Crippen molar-refractivity contribution in [2.45, 2.75) is 58.5 Å². The molecule has 2 N–H and O–H groups in total. The van der Waals surface area contributed by atoms with E-state index in [2.05, 4.69) is 17.6 Å². The van der Waals surface area contributed by atoms with Gasteiger partial charge in [-0.1, -0.05) is 32.6 Å². The molecule has 0 aromatic carbocycles. The molecule has 4 nitrogen and oxygen atoms in total. The molecule has 1 unspecified atom stereocenters. The summed E-state index contributed by atoms with van der Waals surface area (Å²) in [6, 6.07) is 3.74. The highest BCUT2D eigenvalue weighted by Gasteiger charge is 2.06. The predicted octanol–water partition coefficient (Wildman–Crippen LogP) is 3.44. The fraction of sp³-hybridized carbons (Fsp3) is 0.643. The average molecular weight is 252 g/mol. The minimum absolute atomic E-state index is 0.130. The maximum Gasteiger partial charge on any atom is 0.315 e. The zero-order valence-corrected chi connectivity index (χ0v) is 11.4. The molecule has 1 rings (SSSR count). The highest BCUT2D eigenvalue weighted by atomic mass is 16.3. The fourth-order valence-electron chi connectivity index (χ4n) is 1.80. The first-order chi connectivity index (χ1) is 8.72. The SMILES string of the molecule is CCCCCCC(C)NC(=O)NCc1ccco1. The fourth-order valence-corrected chi connectivity index (χ4v) is 1.80. The molecule has 1 aromatic rings. The third-order valence-corrected chi connectivity index (χ3v) is 2.87. The van der Waals surface area contributed by atoms with E-state index in [1.54, 1.807) is 6.26 Å². The first kappa shape index (κ1) is 14.6. The number of rotatable bonds is 8. The van der Waals surface area contributed by atoms with Gasteiger partial charge in [0.05, 0.1) is 12.8 Å². The lowest BCUT2D eigenvalue weighted by molar-refractivity contribution is 0.235. The van der Waals surface area contributed by atoms with E-state index in [4.69, 9.17) is 4.42 Å². The first-order valence-electron chi connectivity index (χ1n) is 6.79. The molecule has 4 heteroatoms. The lowest BCUT2D eigenvalue weighted by Gasteiger charge is -2.14. The van der Waals surface area contributed by atoms with Crippen molar-refractivity contribution < 1.29 is 9.21 Å². The summed E-state index contributed by atoms with van der Waals surface area (Å²) in [6.45, 7) is 4.67. The van der Waals surface area contributed by atoms with E-state index in [1.165, 1.54) is 25.7 Å². The van der Waals surface area contributed by atoms with Gasteiger partial charge in [0.1, 0.15) is 5.76 Å². The minimum atomic E-state index is -0.130. The van der Waals surface area contributed by atoms with E-state index in [0.717, 1.165) is 12.2 Å². The van der Waals surface area contributed by atoms with Crippen molar-refractivity contribution in [3.8, 4) is 0 Å². The molecule has 1 aromatic heterocycles. The number of nitrogens with one attached hydrogen (secondary N) is 2. The molecule has 0 aliphatic carbocycles. The Labute approximate surface area is 109 Å². The predicted molar refractivity (Wildman–Crippen MR) is 72.3 cm³/mol. The van der Waals surface area contributed by atoms with Gasteiger partial charge >= 0.3 is 6.03 Å². The first-order valence-corrected chi connectivity index (χ1v) is 6.79. The van der Waals surface area contributed by atoms with Crippen LogP contribution in [-0.2, 0) is 6.54 Å². The third kappa shape index (κ3) is 6.33. The van der Waals surface area contributed by atoms with Gasteiger partial charge in [0.15, 0.2) is 0 Å². The highest BCUT2D eigenvalue weighted by molar-refractivity contribution is 5.74. The average Bonchev–Trinajstić information content (AvgIpc) is 2.85. The second-order valence-corrected chi connectivity index (χ2v) is 4.66. The monoisotopic (exact) mass is 252 g/mol. The van der Waals surface area contributed by atoms with Crippen LogP contribution in [0.15, 0.2) is 22.8 Å². The van der Waals surface area contributed by atoms with E-state index in [1.807, 2.05) is 19.1 Å². The van der Waals surface area contributed by atoms with E-state index in [0.29, 0.717) is 6.54 Å². The molecule has 102 valence electrons. The van der Waals surface area contributed by atoms with E-state index >= 15 is 0 Å². The number of hydrogen-bond acceptors (Lipinski definition) is 2. The molecule has 0 bridgehead atoms. The molecule has 0 fully saturated rings. The van der Waals surface area contributed by atoms with Crippen LogP contribution in [0.25, 0.3) is 0 Å². The molecule has 18 heavy (non-hydrogen) atoms. The van der Waals surface area contributed by atoms with Crippen LogP contribution in [0.2, 0.25) is 0 Å². The summed E-state index contributed by atoms with van der Waals surface area (Å²) in [7, 11) is 0. The lowest BCUT2D eigenvalue weighted by Crippen LogP contribution is -2.40. The summed E-state index contributed by atoms with van der Waals surface area (Å²) in [5.74, 6) is 0.765. The topological polar surface area (TPSA) is 54.3 Å². The number of hydrogen-bond donors (Lipinski definition) is 2. The summed E-state index contributed by atoms with van der Waals surface area (Å²) in [6.07, 6.45) is 7.58. The van der Waals surface area contributed by atoms with Crippen LogP contribution >= 0.6 is 0 Å². The summed E-state index contributed by atoms with van der Waals surface area (Å²) < 4.78 is 5.14. The molecule has 0 aliphatic heterocycles. The Morgan fingerprint density at radius 2 is 2.22 bits per heavy atom. The number of unbranched alkanes of at least 4 members (excludes halogenated alkanes) is 3. The lowest BCUT2D eigenvalue weighted by atomic mass is 10.1. The smallest absolute Gasteiger partial charge is 0.315 e. The van der Waals surface area contributed by atoms with Gasteiger partial charge in [-0.3, -0.25) is 0 Å². The zero-order chi connectivity index (χ0) is 13.2. The van der Waals surface area contributed by atoms with Gasteiger partial charge in [-0.15, -0.1) is 0 Å². The number of carbonyl (C=O) groups excluding carboxylic acids is 1. The van der Waals surface area contributed by atoms with Crippen molar-refractivity contribution >= 4 is 6.03 Å². The van der Waals surface area contributed by atoms with Crippen LogP contribution in [0.3, 0.4) is 0 Å². The molecule has 0 aliphatic rings. The Morgan fingerprint density at radius 1 is 1.39 bits per heavy atom. The van der Waals surface area contributed by atoms with Crippen LogP contribution < -0.4 is 10.6 Å². The largest absolute Gasteiger partial charge is 0.467 e. The van der Waals surface area contributed by atoms with Crippen molar-refractivity contribution in [2.24, 2.45) is 0 Å². The molecular weight excluding hydrogens is 228 g/mol. The van der Waals surface area contributed by atoms with Gasteiger partial charge in [-0.05, 0) is 25.5 Å². The Hall–Kier alpha value is -1.45. The summed E-state index contributed by atoms with van der Waals surface area (Å²) in [4.78, 5) is 11.6. The molecule has 1 atom stereocenters. The van der Waals surface area contributed by atoms with Crippen molar-refractivity contribution in [3.05, 3.63) is 24.2 Å². The van der Waals surface area contributed by atoms with Gasteiger partial charge in [-0.2, -0.15) is 0 Å². The molecule has 0 saturated carbocycles. The zero-order valence-electron chi connectivity index (χ0n) is 11.4. The minimum Gasteiger partial charge on any atom is -0.467 e. The van der Waals surface area contributed by atoms with Crippen molar-refractivity contribution in [3.63, 3.8) is 0 Å². The van der Waals surface area contributed by atoms with Crippen LogP contribution in [-0.4, -0.2) is 12.1 Å². The normalized spacial score (nSPS) is 12.1. The number of furan rings is 1. The molecular formula is C14H24N2O2. The van der Waals surface area contributed by atoms with Gasteiger partial charge in [0.2, 0.25) is 0 Å². The van der Waals surface area contributed by atoms with Gasteiger partial charge < -0.3 is 15.1 Å². The van der Waals surface area contributed by atoms with E-state index < -0.39 is 0 Å². The Morgan fingerprint density at radius 3 is 2.89 bits per heavy atom. The van der Waals surface area contributed by atoms with Crippen molar-refractivity contribution in [2.75, 3.05) is 0 Å². The van der Waals surface area contributed by atoms with Crippen LogP contribution in [0.4, 0.5) is 4.79 Å². The maximum absolute atomic E-state index is 11.6. The van der Waals surface area contributed by atoms with Crippen LogP contribution in [0, 0.1) is 0 Å². The molecule has 1 heterocycles. The quantitative estimate of drug-likeness (QED) is 0.696. The van der Waals surface area contributed by atoms with Crippen molar-refractivity contribution in [1.82, 2.24) is 10.6 Å². The number of urea groups is 1. The second-order valence-electron chi connectivity index (χ2n) is 4.66. The Kier molecular flexibility index (Phi) is 6.99. The summed E-state index contributed by atoms with van der Waals surface area (Å²) in [5.41, 5.74) is 0. The standard InChI is InChI=1S/C14H24N2O2/c1-3-4-5-6-8-12(2)16-14(17)15-11-13-9-7-10-18-13/h7,9-10,12H,3-6,8,11H2,1-2H3,(H2,15,16,17).